The van der Waals surface area contributed by atoms with E-state index >= 15 is 0 Å². The quantitative estimate of drug-likeness (QED) is 0.904. The second-order valence-electron chi connectivity index (χ2n) is 6.27. The molecule has 0 bridgehead atoms. The fourth-order valence-corrected chi connectivity index (χ4v) is 3.19. The summed E-state index contributed by atoms with van der Waals surface area (Å²) in [5.41, 5.74) is 2.91. The predicted molar refractivity (Wildman–Crippen MR) is 99.9 cm³/mol. The van der Waals surface area contributed by atoms with Crippen molar-refractivity contribution >= 4 is 28.9 Å². The molecule has 0 spiro atoms. The van der Waals surface area contributed by atoms with E-state index in [1.54, 1.807) is 0 Å². The standard InChI is InChI=1S/C19H21ClFN3O/c1-14-3-2-4-16(11-14)24-9-7-23(8-10-24)13-19(25)22-18-6-5-15(21)12-17(18)20/h2-6,11-12H,7-10,13H2,1H3,(H,22,25). The molecule has 4 nitrogen and oxygen atoms in total. The Hall–Kier alpha value is -2.11. The molecule has 3 rings (SSSR count). The summed E-state index contributed by atoms with van der Waals surface area (Å²) in [5.74, 6) is -0.562. The molecule has 1 fully saturated rings. The average Bonchev–Trinajstić information content (AvgIpc) is 2.58. The largest absolute Gasteiger partial charge is 0.369 e. The second-order valence-corrected chi connectivity index (χ2v) is 6.68. The third kappa shape index (κ3) is 4.71. The molecule has 1 N–H and O–H groups in total. The summed E-state index contributed by atoms with van der Waals surface area (Å²) in [6.07, 6.45) is 0. The van der Waals surface area contributed by atoms with Gasteiger partial charge in [-0.05, 0) is 42.8 Å². The Balaban J connectivity index is 1.51. The van der Waals surface area contributed by atoms with Gasteiger partial charge in [0.1, 0.15) is 5.82 Å². The maximum Gasteiger partial charge on any atom is 0.238 e. The number of carbonyl (C=O) groups is 1. The van der Waals surface area contributed by atoms with Gasteiger partial charge in [0.15, 0.2) is 0 Å². The number of hydrogen-bond donors (Lipinski definition) is 1. The summed E-state index contributed by atoms with van der Waals surface area (Å²) in [4.78, 5) is 16.6. The highest BCUT2D eigenvalue weighted by Gasteiger charge is 2.19. The number of halogens is 2. The van der Waals surface area contributed by atoms with Crippen molar-refractivity contribution in [1.29, 1.82) is 0 Å². The highest BCUT2D eigenvalue weighted by molar-refractivity contribution is 6.33. The van der Waals surface area contributed by atoms with Crippen molar-refractivity contribution in [3.8, 4) is 0 Å². The first-order chi connectivity index (χ1) is 12.0. The molecule has 25 heavy (non-hydrogen) atoms. The van der Waals surface area contributed by atoms with Crippen LogP contribution in [0.1, 0.15) is 5.56 Å². The average molecular weight is 362 g/mol. The number of carbonyl (C=O) groups excluding carboxylic acids is 1. The van der Waals surface area contributed by atoms with Gasteiger partial charge in [0.2, 0.25) is 5.91 Å². The minimum Gasteiger partial charge on any atom is -0.369 e. The number of nitrogens with zero attached hydrogens (tertiary/aromatic N) is 2. The fraction of sp³-hybridized carbons (Fsp3) is 0.316. The van der Waals surface area contributed by atoms with Crippen molar-refractivity contribution in [2.45, 2.75) is 6.92 Å². The van der Waals surface area contributed by atoms with Crippen LogP contribution < -0.4 is 10.2 Å². The van der Waals surface area contributed by atoms with E-state index < -0.39 is 5.82 Å². The van der Waals surface area contributed by atoms with Crippen LogP contribution >= 0.6 is 11.6 Å². The molecule has 0 radical (unpaired) electrons. The Bertz CT molecular complexity index is 760. The van der Waals surface area contributed by atoms with E-state index in [1.165, 1.54) is 29.4 Å². The second kappa shape index (κ2) is 7.85. The number of hydrogen-bond acceptors (Lipinski definition) is 3. The third-order valence-electron chi connectivity index (χ3n) is 4.31. The molecule has 0 saturated carbocycles. The number of amides is 1. The predicted octanol–water partition coefficient (Wildman–Crippen LogP) is 3.55. The molecule has 0 aromatic heterocycles. The number of aryl methyl sites for hydroxylation is 1. The summed E-state index contributed by atoms with van der Waals surface area (Å²) >= 11 is 5.94. The van der Waals surface area contributed by atoms with Gasteiger partial charge in [-0.3, -0.25) is 9.69 Å². The molecule has 2 aromatic rings. The minimum absolute atomic E-state index is 0.141. The maximum atomic E-state index is 13.0. The first-order valence-electron chi connectivity index (χ1n) is 8.30. The van der Waals surface area contributed by atoms with E-state index in [2.05, 4.69) is 46.3 Å². The number of benzene rings is 2. The van der Waals surface area contributed by atoms with Crippen molar-refractivity contribution in [3.63, 3.8) is 0 Å². The lowest BCUT2D eigenvalue weighted by atomic mass is 10.2. The van der Waals surface area contributed by atoms with Gasteiger partial charge < -0.3 is 10.2 Å². The topological polar surface area (TPSA) is 35.6 Å². The zero-order chi connectivity index (χ0) is 17.8. The first kappa shape index (κ1) is 17.7. The lowest BCUT2D eigenvalue weighted by molar-refractivity contribution is -0.117. The van der Waals surface area contributed by atoms with E-state index in [4.69, 9.17) is 11.6 Å². The van der Waals surface area contributed by atoms with Gasteiger partial charge in [0, 0.05) is 31.9 Å². The Morgan fingerprint density at radius 2 is 1.92 bits per heavy atom. The van der Waals surface area contributed by atoms with Crippen molar-refractivity contribution < 1.29 is 9.18 Å². The number of piperazine rings is 1. The molecule has 1 amide bonds. The molecule has 0 unspecified atom stereocenters. The molecule has 1 saturated heterocycles. The van der Waals surface area contributed by atoms with Crippen LogP contribution in [0.3, 0.4) is 0 Å². The van der Waals surface area contributed by atoms with Crippen LogP contribution in [-0.2, 0) is 4.79 Å². The highest BCUT2D eigenvalue weighted by Crippen LogP contribution is 2.22. The molecular weight excluding hydrogens is 341 g/mol. The van der Waals surface area contributed by atoms with Crippen molar-refractivity contribution in [2.75, 3.05) is 42.9 Å². The molecule has 6 heteroatoms. The Morgan fingerprint density at radius 1 is 1.16 bits per heavy atom. The summed E-state index contributed by atoms with van der Waals surface area (Å²) in [5, 5.41) is 2.95. The molecule has 1 aliphatic heterocycles. The van der Waals surface area contributed by atoms with Gasteiger partial charge in [-0.2, -0.15) is 0 Å². The van der Waals surface area contributed by atoms with E-state index in [0.717, 1.165) is 26.2 Å². The molecule has 1 aliphatic rings. The summed E-state index contributed by atoms with van der Waals surface area (Å²) in [6, 6.07) is 12.4. The molecular formula is C19H21ClFN3O. The van der Waals surface area contributed by atoms with Gasteiger partial charge in [0.05, 0.1) is 17.3 Å². The monoisotopic (exact) mass is 361 g/mol. The Morgan fingerprint density at radius 3 is 2.60 bits per heavy atom. The lowest BCUT2D eigenvalue weighted by Gasteiger charge is -2.35. The van der Waals surface area contributed by atoms with Crippen molar-refractivity contribution in [3.05, 3.63) is 58.9 Å². The van der Waals surface area contributed by atoms with E-state index in [-0.39, 0.29) is 10.9 Å². The van der Waals surface area contributed by atoms with Crippen LogP contribution in [0, 0.1) is 12.7 Å². The van der Waals surface area contributed by atoms with Crippen LogP contribution in [0.15, 0.2) is 42.5 Å². The number of rotatable bonds is 4. The molecule has 2 aromatic carbocycles. The lowest BCUT2D eigenvalue weighted by Crippen LogP contribution is -2.48. The minimum atomic E-state index is -0.421. The zero-order valence-electron chi connectivity index (χ0n) is 14.1. The summed E-state index contributed by atoms with van der Waals surface area (Å²) in [7, 11) is 0. The van der Waals surface area contributed by atoms with Gasteiger partial charge in [0.25, 0.3) is 0 Å². The number of nitrogens with one attached hydrogen (secondary N) is 1. The Kier molecular flexibility index (Phi) is 5.56. The van der Waals surface area contributed by atoms with Crippen LogP contribution in [0.4, 0.5) is 15.8 Å². The van der Waals surface area contributed by atoms with Crippen LogP contribution in [-0.4, -0.2) is 43.5 Å². The van der Waals surface area contributed by atoms with Crippen LogP contribution in [0.5, 0.6) is 0 Å². The Labute approximate surface area is 152 Å². The third-order valence-corrected chi connectivity index (χ3v) is 4.62. The highest BCUT2D eigenvalue weighted by atomic mass is 35.5. The zero-order valence-corrected chi connectivity index (χ0v) is 14.9. The van der Waals surface area contributed by atoms with E-state index in [9.17, 15) is 9.18 Å². The van der Waals surface area contributed by atoms with Crippen LogP contribution in [0.2, 0.25) is 5.02 Å². The molecule has 0 atom stereocenters. The van der Waals surface area contributed by atoms with Gasteiger partial charge in [-0.25, -0.2) is 4.39 Å². The van der Waals surface area contributed by atoms with Crippen molar-refractivity contribution in [1.82, 2.24) is 4.90 Å². The first-order valence-corrected chi connectivity index (χ1v) is 8.68. The van der Waals surface area contributed by atoms with Crippen LogP contribution in [0.25, 0.3) is 0 Å². The molecule has 132 valence electrons. The van der Waals surface area contributed by atoms with Crippen molar-refractivity contribution in [2.24, 2.45) is 0 Å². The van der Waals surface area contributed by atoms with E-state index in [1.807, 2.05) is 0 Å². The maximum absolute atomic E-state index is 13.0. The molecule has 0 aliphatic carbocycles. The summed E-state index contributed by atoms with van der Waals surface area (Å²) < 4.78 is 13.0. The fourth-order valence-electron chi connectivity index (χ4n) is 2.97. The molecule has 1 heterocycles. The van der Waals surface area contributed by atoms with Gasteiger partial charge in [-0.1, -0.05) is 23.7 Å². The van der Waals surface area contributed by atoms with E-state index in [0.29, 0.717) is 12.2 Å². The van der Waals surface area contributed by atoms with Gasteiger partial charge in [-0.15, -0.1) is 0 Å². The number of anilines is 2. The SMILES string of the molecule is Cc1cccc(N2CCN(CC(=O)Nc3ccc(F)cc3Cl)CC2)c1. The normalized spacial score (nSPS) is 15.2. The smallest absolute Gasteiger partial charge is 0.238 e. The summed E-state index contributed by atoms with van der Waals surface area (Å²) in [6.45, 7) is 5.79. The van der Waals surface area contributed by atoms with Gasteiger partial charge >= 0.3 is 0 Å².